The molecule has 118 valence electrons. The predicted octanol–water partition coefficient (Wildman–Crippen LogP) is 7.08. The molecule has 1 heterocycles. The fraction of sp³-hybridized carbons (Fsp3) is 0.118. The Kier molecular flexibility index (Phi) is 5.12. The van der Waals surface area contributed by atoms with Crippen molar-refractivity contribution in [3.8, 4) is 11.3 Å². The van der Waals surface area contributed by atoms with Gasteiger partial charge >= 0.3 is 0 Å². The van der Waals surface area contributed by atoms with Crippen LogP contribution in [-0.4, -0.2) is 4.98 Å². The van der Waals surface area contributed by atoms with Crippen LogP contribution in [0.15, 0.2) is 42.5 Å². The molecule has 1 N–H and O–H groups in total. The fourth-order valence-electron chi connectivity index (χ4n) is 2.20. The number of hydrogen-bond acceptors (Lipinski definition) is 3. The molecular weight excluding hydrogens is 371 g/mol. The number of anilines is 2. The number of nitrogens with zero attached hydrogens (tertiary/aromatic N) is 1. The highest BCUT2D eigenvalue weighted by Gasteiger charge is 2.14. The zero-order chi connectivity index (χ0) is 16.4. The third kappa shape index (κ3) is 3.64. The number of nitrogens with one attached hydrogen (secondary N) is 1. The highest BCUT2D eigenvalue weighted by molar-refractivity contribution is 7.16. The molecule has 3 rings (SSSR count). The maximum atomic E-state index is 6.21. The van der Waals surface area contributed by atoms with Gasteiger partial charge in [-0.15, -0.1) is 11.3 Å². The summed E-state index contributed by atoms with van der Waals surface area (Å²) in [5, 5.41) is 5.85. The van der Waals surface area contributed by atoms with E-state index in [0.717, 1.165) is 22.8 Å². The number of hydrogen-bond donors (Lipinski definition) is 1. The average Bonchev–Trinajstić information content (AvgIpc) is 2.95. The van der Waals surface area contributed by atoms with E-state index in [1.807, 2.05) is 30.3 Å². The lowest BCUT2D eigenvalue weighted by atomic mass is 10.1. The molecule has 0 spiro atoms. The maximum absolute atomic E-state index is 6.21. The van der Waals surface area contributed by atoms with Gasteiger partial charge in [-0.05, 0) is 30.7 Å². The molecule has 0 bridgehead atoms. The van der Waals surface area contributed by atoms with Crippen LogP contribution in [-0.2, 0) is 6.42 Å². The largest absolute Gasteiger partial charge is 0.329 e. The Bertz CT molecular complexity index is 808. The topological polar surface area (TPSA) is 24.9 Å². The standard InChI is InChI=1S/C17H13Cl3N2S/c1-2-14-15(10-6-8-11(18)9-7-10)21-17(23-14)22-16-12(19)4-3-5-13(16)20/h3-9H,2H2,1H3,(H,21,22). The first-order chi connectivity index (χ1) is 11.1. The van der Waals surface area contributed by atoms with Crippen LogP contribution >= 0.6 is 46.1 Å². The van der Waals surface area contributed by atoms with Gasteiger partial charge in [0.25, 0.3) is 0 Å². The fourth-order valence-corrected chi connectivity index (χ4v) is 3.75. The van der Waals surface area contributed by atoms with Gasteiger partial charge in [0.15, 0.2) is 5.13 Å². The summed E-state index contributed by atoms with van der Waals surface area (Å²) in [4.78, 5) is 5.90. The summed E-state index contributed by atoms with van der Waals surface area (Å²) in [6.45, 7) is 2.11. The van der Waals surface area contributed by atoms with Crippen molar-refractivity contribution >= 4 is 57.0 Å². The third-order valence-electron chi connectivity index (χ3n) is 3.33. The molecule has 3 aromatic rings. The molecule has 0 fully saturated rings. The van der Waals surface area contributed by atoms with Gasteiger partial charge < -0.3 is 5.32 Å². The molecule has 0 saturated carbocycles. The average molecular weight is 384 g/mol. The normalized spacial score (nSPS) is 10.8. The summed E-state index contributed by atoms with van der Waals surface area (Å²) in [5.74, 6) is 0. The molecule has 0 atom stereocenters. The lowest BCUT2D eigenvalue weighted by molar-refractivity contribution is 1.17. The van der Waals surface area contributed by atoms with Crippen LogP contribution in [0.5, 0.6) is 0 Å². The number of rotatable bonds is 4. The molecule has 0 radical (unpaired) electrons. The van der Waals surface area contributed by atoms with E-state index in [2.05, 4.69) is 12.2 Å². The smallest absolute Gasteiger partial charge is 0.188 e. The number of halogens is 3. The molecule has 0 amide bonds. The SMILES string of the molecule is CCc1sc(Nc2c(Cl)cccc2Cl)nc1-c1ccc(Cl)cc1. The monoisotopic (exact) mass is 382 g/mol. The van der Waals surface area contributed by atoms with E-state index in [-0.39, 0.29) is 0 Å². The van der Waals surface area contributed by atoms with Crippen LogP contribution in [0.25, 0.3) is 11.3 Å². The van der Waals surface area contributed by atoms with E-state index in [9.17, 15) is 0 Å². The van der Waals surface area contributed by atoms with E-state index in [1.54, 1.807) is 23.5 Å². The van der Waals surface area contributed by atoms with Gasteiger partial charge in [-0.1, -0.05) is 59.9 Å². The molecule has 0 aliphatic rings. The molecular formula is C17H13Cl3N2S. The summed E-state index contributed by atoms with van der Waals surface area (Å²) in [7, 11) is 0. The molecule has 0 unspecified atom stereocenters. The van der Waals surface area contributed by atoms with Crippen LogP contribution in [0.4, 0.5) is 10.8 Å². The first-order valence-corrected chi connectivity index (χ1v) is 9.00. The molecule has 0 saturated heterocycles. The lowest BCUT2D eigenvalue weighted by Gasteiger charge is -2.06. The Morgan fingerprint density at radius 2 is 1.65 bits per heavy atom. The Labute approximate surface area is 154 Å². The molecule has 1 aromatic heterocycles. The lowest BCUT2D eigenvalue weighted by Crippen LogP contribution is -1.91. The summed E-state index contributed by atoms with van der Waals surface area (Å²) in [6.07, 6.45) is 0.896. The third-order valence-corrected chi connectivity index (χ3v) is 5.33. The van der Waals surface area contributed by atoms with Crippen molar-refractivity contribution in [1.29, 1.82) is 0 Å². The molecule has 2 aromatic carbocycles. The summed E-state index contributed by atoms with van der Waals surface area (Å²) >= 11 is 20.0. The maximum Gasteiger partial charge on any atom is 0.188 e. The van der Waals surface area contributed by atoms with Crippen molar-refractivity contribution in [2.75, 3.05) is 5.32 Å². The zero-order valence-electron chi connectivity index (χ0n) is 12.2. The van der Waals surface area contributed by atoms with Gasteiger partial charge in [-0.2, -0.15) is 0 Å². The van der Waals surface area contributed by atoms with Crippen molar-refractivity contribution in [2.45, 2.75) is 13.3 Å². The number of benzene rings is 2. The Morgan fingerprint density at radius 3 is 2.26 bits per heavy atom. The molecule has 2 nitrogen and oxygen atoms in total. The van der Waals surface area contributed by atoms with Gasteiger partial charge in [0.05, 0.1) is 21.4 Å². The minimum atomic E-state index is 0.568. The summed E-state index contributed by atoms with van der Waals surface area (Å²) in [5.41, 5.74) is 2.68. The Balaban J connectivity index is 1.97. The van der Waals surface area contributed by atoms with Gasteiger partial charge in [0.1, 0.15) is 0 Å². The van der Waals surface area contributed by atoms with Crippen LogP contribution in [0, 0.1) is 0 Å². The molecule has 6 heteroatoms. The minimum absolute atomic E-state index is 0.568. The molecule has 0 aliphatic heterocycles. The number of aryl methyl sites for hydroxylation is 1. The second-order valence-electron chi connectivity index (χ2n) is 4.87. The van der Waals surface area contributed by atoms with Crippen molar-refractivity contribution in [2.24, 2.45) is 0 Å². The summed E-state index contributed by atoms with van der Waals surface area (Å²) < 4.78 is 0. The van der Waals surface area contributed by atoms with E-state index >= 15 is 0 Å². The first-order valence-electron chi connectivity index (χ1n) is 7.05. The van der Waals surface area contributed by atoms with Gasteiger partial charge in [0.2, 0.25) is 0 Å². The highest BCUT2D eigenvalue weighted by Crippen LogP contribution is 2.37. The van der Waals surface area contributed by atoms with Crippen LogP contribution in [0.2, 0.25) is 15.1 Å². The second-order valence-corrected chi connectivity index (χ2v) is 7.21. The Morgan fingerprint density at radius 1 is 1.00 bits per heavy atom. The van der Waals surface area contributed by atoms with E-state index < -0.39 is 0 Å². The van der Waals surface area contributed by atoms with Crippen molar-refractivity contribution in [1.82, 2.24) is 4.98 Å². The summed E-state index contributed by atoms with van der Waals surface area (Å²) in [6, 6.07) is 13.1. The molecule has 0 aliphatic carbocycles. The Hall–Kier alpha value is -1.26. The number of para-hydroxylation sites is 1. The van der Waals surface area contributed by atoms with Crippen LogP contribution in [0.1, 0.15) is 11.8 Å². The highest BCUT2D eigenvalue weighted by atomic mass is 35.5. The van der Waals surface area contributed by atoms with Gasteiger partial charge in [0, 0.05) is 15.5 Å². The second kappa shape index (κ2) is 7.10. The van der Waals surface area contributed by atoms with Gasteiger partial charge in [-0.3, -0.25) is 0 Å². The molecule has 23 heavy (non-hydrogen) atoms. The quantitative estimate of drug-likeness (QED) is 0.521. The van der Waals surface area contributed by atoms with Crippen LogP contribution in [0.3, 0.4) is 0 Å². The number of aromatic nitrogens is 1. The first kappa shape index (κ1) is 16.6. The van der Waals surface area contributed by atoms with E-state index in [0.29, 0.717) is 20.8 Å². The predicted molar refractivity (Wildman–Crippen MR) is 102 cm³/mol. The van der Waals surface area contributed by atoms with E-state index in [4.69, 9.17) is 39.8 Å². The van der Waals surface area contributed by atoms with E-state index in [1.165, 1.54) is 4.88 Å². The van der Waals surface area contributed by atoms with Gasteiger partial charge in [-0.25, -0.2) is 4.98 Å². The van der Waals surface area contributed by atoms with Crippen LogP contribution < -0.4 is 5.32 Å². The van der Waals surface area contributed by atoms with Crippen molar-refractivity contribution < 1.29 is 0 Å². The number of thiazole rings is 1. The van der Waals surface area contributed by atoms with Crippen molar-refractivity contribution in [3.05, 3.63) is 62.4 Å². The zero-order valence-corrected chi connectivity index (χ0v) is 15.3. The van der Waals surface area contributed by atoms with Crippen molar-refractivity contribution in [3.63, 3.8) is 0 Å². The minimum Gasteiger partial charge on any atom is -0.329 e.